The van der Waals surface area contributed by atoms with Crippen LogP contribution in [0.4, 0.5) is 13.2 Å². The Morgan fingerprint density at radius 3 is 2.43 bits per heavy atom. The van der Waals surface area contributed by atoms with Crippen LogP contribution in [0.2, 0.25) is 0 Å². The van der Waals surface area contributed by atoms with Crippen molar-refractivity contribution in [2.75, 3.05) is 52.5 Å². The molecular weight excluding hydrogens is 484 g/mol. The van der Waals surface area contributed by atoms with Crippen molar-refractivity contribution in [1.29, 1.82) is 0 Å². The maximum Gasteiger partial charge on any atom is 0.411 e. The number of aliphatic imine (C=N–C) groups is 1. The third-order valence-electron chi connectivity index (χ3n) is 4.23. The van der Waals surface area contributed by atoms with Crippen molar-refractivity contribution < 1.29 is 17.9 Å². The second-order valence-corrected chi connectivity index (χ2v) is 6.51. The normalized spacial score (nSPS) is 16.0. The molecule has 0 radical (unpaired) electrons. The molecule has 0 aromatic heterocycles. The Morgan fingerprint density at radius 1 is 1.14 bits per heavy atom. The monoisotopic (exact) mass is 514 g/mol. The van der Waals surface area contributed by atoms with E-state index in [0.717, 1.165) is 45.2 Å². The summed E-state index contributed by atoms with van der Waals surface area (Å²) in [6.45, 7) is 6.69. The number of benzene rings is 1. The van der Waals surface area contributed by atoms with Gasteiger partial charge in [0, 0.05) is 52.4 Å². The molecule has 28 heavy (non-hydrogen) atoms. The van der Waals surface area contributed by atoms with Gasteiger partial charge in [-0.15, -0.1) is 24.0 Å². The number of hydrogen-bond acceptors (Lipinski definition) is 3. The van der Waals surface area contributed by atoms with E-state index in [1.165, 1.54) is 5.56 Å². The van der Waals surface area contributed by atoms with Crippen LogP contribution in [0.1, 0.15) is 18.9 Å². The second kappa shape index (κ2) is 13.2. The number of nitrogens with one attached hydrogen (secondary N) is 1. The topological polar surface area (TPSA) is 40.1 Å². The highest BCUT2D eigenvalue weighted by Crippen LogP contribution is 2.14. The summed E-state index contributed by atoms with van der Waals surface area (Å²) >= 11 is 0. The van der Waals surface area contributed by atoms with E-state index >= 15 is 0 Å². The minimum atomic E-state index is -4.27. The molecule has 1 heterocycles. The summed E-state index contributed by atoms with van der Waals surface area (Å²) in [6.07, 6.45) is -3.80. The third kappa shape index (κ3) is 9.92. The van der Waals surface area contributed by atoms with Crippen molar-refractivity contribution in [2.24, 2.45) is 4.99 Å². The molecule has 1 fully saturated rings. The van der Waals surface area contributed by atoms with Gasteiger partial charge in [0.2, 0.25) is 0 Å². The van der Waals surface area contributed by atoms with Crippen molar-refractivity contribution in [3.8, 4) is 0 Å². The van der Waals surface area contributed by atoms with E-state index in [-0.39, 0.29) is 30.6 Å². The summed E-state index contributed by atoms with van der Waals surface area (Å²) in [5.74, 6) is 0.827. The first-order valence-electron chi connectivity index (χ1n) is 9.42. The van der Waals surface area contributed by atoms with Crippen molar-refractivity contribution in [2.45, 2.75) is 26.1 Å². The minimum absolute atomic E-state index is 0. The van der Waals surface area contributed by atoms with Crippen LogP contribution in [0.5, 0.6) is 0 Å². The zero-order valence-electron chi connectivity index (χ0n) is 16.2. The van der Waals surface area contributed by atoms with Gasteiger partial charge in [-0.2, -0.15) is 13.2 Å². The number of rotatable bonds is 8. The summed E-state index contributed by atoms with van der Waals surface area (Å²) in [5.41, 5.74) is 1.31. The fraction of sp³-hybridized carbons (Fsp3) is 0.632. The number of nitrogens with zero attached hydrogens (tertiary/aromatic N) is 3. The Morgan fingerprint density at radius 2 is 1.82 bits per heavy atom. The van der Waals surface area contributed by atoms with E-state index in [9.17, 15) is 13.2 Å². The van der Waals surface area contributed by atoms with Crippen molar-refractivity contribution in [3.63, 3.8) is 0 Å². The van der Waals surface area contributed by atoms with Gasteiger partial charge in [0.1, 0.15) is 6.61 Å². The molecule has 1 aliphatic rings. The molecule has 5 nitrogen and oxygen atoms in total. The predicted octanol–water partition coefficient (Wildman–Crippen LogP) is 3.36. The Balaban J connectivity index is 0.00000392. The van der Waals surface area contributed by atoms with Crippen LogP contribution in [0.15, 0.2) is 35.3 Å². The lowest BCUT2D eigenvalue weighted by Gasteiger charge is -2.36. The molecule has 2 rings (SSSR count). The quantitative estimate of drug-likeness (QED) is 0.250. The minimum Gasteiger partial charge on any atom is -0.372 e. The molecule has 9 heteroatoms. The molecule has 1 aromatic rings. The van der Waals surface area contributed by atoms with Crippen LogP contribution in [-0.2, 0) is 11.3 Å². The van der Waals surface area contributed by atoms with E-state index in [2.05, 4.69) is 49.1 Å². The number of ether oxygens (including phenoxy) is 1. The maximum atomic E-state index is 12.0. The second-order valence-electron chi connectivity index (χ2n) is 6.51. The third-order valence-corrected chi connectivity index (χ3v) is 4.23. The van der Waals surface area contributed by atoms with Gasteiger partial charge in [-0.1, -0.05) is 30.3 Å². The molecule has 0 aliphatic carbocycles. The zero-order valence-corrected chi connectivity index (χ0v) is 18.6. The van der Waals surface area contributed by atoms with Gasteiger partial charge >= 0.3 is 6.18 Å². The molecule has 160 valence electrons. The van der Waals surface area contributed by atoms with E-state index in [1.807, 2.05) is 13.0 Å². The first-order valence-corrected chi connectivity index (χ1v) is 9.42. The van der Waals surface area contributed by atoms with Gasteiger partial charge in [0.05, 0.1) is 0 Å². The van der Waals surface area contributed by atoms with Gasteiger partial charge in [0.25, 0.3) is 0 Å². The lowest BCUT2D eigenvalue weighted by molar-refractivity contribution is -0.173. The lowest BCUT2D eigenvalue weighted by atomic mass is 10.2. The highest BCUT2D eigenvalue weighted by atomic mass is 127. The summed E-state index contributed by atoms with van der Waals surface area (Å²) < 4.78 is 40.7. The molecule has 1 saturated heterocycles. The molecule has 0 saturated carbocycles. The molecule has 0 atom stereocenters. The lowest BCUT2D eigenvalue weighted by Crippen LogP contribution is -2.52. The Bertz CT molecular complexity index is 564. The van der Waals surface area contributed by atoms with Crippen molar-refractivity contribution in [1.82, 2.24) is 15.1 Å². The van der Waals surface area contributed by atoms with Crippen LogP contribution in [0, 0.1) is 0 Å². The highest BCUT2D eigenvalue weighted by Gasteiger charge is 2.27. The fourth-order valence-corrected chi connectivity index (χ4v) is 2.92. The van der Waals surface area contributed by atoms with E-state index in [1.54, 1.807) is 0 Å². The van der Waals surface area contributed by atoms with Gasteiger partial charge in [-0.3, -0.25) is 9.89 Å². The molecule has 1 aromatic carbocycles. The fourth-order valence-electron chi connectivity index (χ4n) is 2.92. The van der Waals surface area contributed by atoms with Gasteiger partial charge in [-0.25, -0.2) is 0 Å². The summed E-state index contributed by atoms with van der Waals surface area (Å²) in [4.78, 5) is 9.16. The molecule has 0 spiro atoms. The van der Waals surface area contributed by atoms with Crippen molar-refractivity contribution >= 4 is 29.9 Å². The van der Waals surface area contributed by atoms with Crippen LogP contribution in [-0.4, -0.2) is 74.4 Å². The number of halogens is 4. The molecule has 0 amide bonds. The molecule has 0 bridgehead atoms. The molecule has 1 N–H and O–H groups in total. The first-order chi connectivity index (χ1) is 13.0. The Labute approximate surface area is 182 Å². The van der Waals surface area contributed by atoms with Crippen LogP contribution in [0.3, 0.4) is 0 Å². The standard InChI is InChI=1S/C19H29F3N4O.HI/c1-2-23-18(24-9-6-14-27-16-19(20,21)22)26-12-10-25(11-13-26)15-17-7-4-3-5-8-17;/h3-5,7-8H,2,6,9-16H2,1H3,(H,23,24);1H. The number of piperazine rings is 1. The van der Waals surface area contributed by atoms with Gasteiger partial charge in [-0.05, 0) is 18.9 Å². The number of hydrogen-bond donors (Lipinski definition) is 1. The predicted molar refractivity (Wildman–Crippen MR) is 116 cm³/mol. The largest absolute Gasteiger partial charge is 0.411 e. The zero-order chi connectivity index (χ0) is 19.5. The van der Waals surface area contributed by atoms with Gasteiger partial charge in [0.15, 0.2) is 5.96 Å². The molecule has 0 unspecified atom stereocenters. The smallest absolute Gasteiger partial charge is 0.372 e. The summed E-state index contributed by atoms with van der Waals surface area (Å²) in [5, 5.41) is 3.27. The van der Waals surface area contributed by atoms with Crippen molar-refractivity contribution in [3.05, 3.63) is 35.9 Å². The average Bonchev–Trinajstić information content (AvgIpc) is 2.64. The Hall–Kier alpha value is -1.07. The maximum absolute atomic E-state index is 12.0. The molecule has 1 aliphatic heterocycles. The molecular formula is C19H30F3IN4O. The van der Waals surface area contributed by atoms with Gasteiger partial charge < -0.3 is 15.0 Å². The van der Waals surface area contributed by atoms with Crippen LogP contribution in [0.25, 0.3) is 0 Å². The number of alkyl halides is 3. The van der Waals surface area contributed by atoms with E-state index < -0.39 is 12.8 Å². The number of guanidine groups is 1. The highest BCUT2D eigenvalue weighted by molar-refractivity contribution is 14.0. The van der Waals surface area contributed by atoms with E-state index in [0.29, 0.717) is 13.0 Å². The summed E-state index contributed by atoms with van der Waals surface area (Å²) in [7, 11) is 0. The first kappa shape index (κ1) is 25.0. The van der Waals surface area contributed by atoms with Crippen LogP contribution >= 0.6 is 24.0 Å². The summed E-state index contributed by atoms with van der Waals surface area (Å²) in [6, 6.07) is 10.4. The van der Waals surface area contributed by atoms with Crippen LogP contribution < -0.4 is 5.32 Å². The van der Waals surface area contributed by atoms with E-state index in [4.69, 9.17) is 0 Å². The SMILES string of the molecule is CCNC(=NCCCOCC(F)(F)F)N1CCN(Cc2ccccc2)CC1.I. The Kier molecular flexibility index (Phi) is 11.8. The average molecular weight is 514 g/mol.